The van der Waals surface area contributed by atoms with E-state index in [0.717, 1.165) is 28.4 Å². The SMILES string of the molecule is COc1ccc(C2CC(=O)C3=C(C2)Nc2ccccc2NC3c2ccc(Cl)c([N+](=O)[O-])c2)cc1. The first kappa shape index (κ1) is 22.0. The van der Waals surface area contributed by atoms with Gasteiger partial charge in [0.15, 0.2) is 5.78 Å². The first-order valence-electron chi connectivity index (χ1n) is 10.9. The highest BCUT2D eigenvalue weighted by atomic mass is 35.5. The van der Waals surface area contributed by atoms with Crippen LogP contribution in [0.15, 0.2) is 78.0 Å². The first-order valence-corrected chi connectivity index (χ1v) is 11.3. The fourth-order valence-electron chi connectivity index (χ4n) is 4.70. The molecule has 0 aromatic heterocycles. The number of nitrogens with one attached hydrogen (secondary N) is 2. The van der Waals surface area contributed by atoms with Gasteiger partial charge in [-0.3, -0.25) is 14.9 Å². The second-order valence-electron chi connectivity index (χ2n) is 8.41. The number of ketones is 1. The molecule has 5 rings (SSSR count). The van der Waals surface area contributed by atoms with E-state index in [4.69, 9.17) is 16.3 Å². The predicted octanol–water partition coefficient (Wildman–Crippen LogP) is 6.24. The molecule has 1 heterocycles. The molecule has 0 spiro atoms. The highest BCUT2D eigenvalue weighted by Crippen LogP contribution is 2.45. The number of carbonyl (C=O) groups excluding carboxylic acids is 1. The molecule has 8 heteroatoms. The van der Waals surface area contributed by atoms with Gasteiger partial charge in [-0.25, -0.2) is 0 Å². The number of nitro benzene ring substituents is 1. The summed E-state index contributed by atoms with van der Waals surface area (Å²) < 4.78 is 5.26. The Kier molecular flexibility index (Phi) is 5.71. The largest absolute Gasteiger partial charge is 0.497 e. The average Bonchev–Trinajstić information content (AvgIpc) is 3.01. The topological polar surface area (TPSA) is 93.5 Å². The lowest BCUT2D eigenvalue weighted by molar-refractivity contribution is -0.384. The molecule has 3 aromatic rings. The molecule has 1 aliphatic heterocycles. The van der Waals surface area contributed by atoms with Crippen LogP contribution < -0.4 is 15.4 Å². The van der Waals surface area contributed by atoms with E-state index in [1.807, 2.05) is 48.5 Å². The Morgan fingerprint density at radius 2 is 1.71 bits per heavy atom. The number of benzene rings is 3. The zero-order chi connectivity index (χ0) is 23.8. The Labute approximate surface area is 201 Å². The zero-order valence-corrected chi connectivity index (χ0v) is 19.1. The van der Waals surface area contributed by atoms with Crippen LogP contribution in [0.2, 0.25) is 5.02 Å². The maximum Gasteiger partial charge on any atom is 0.288 e. The number of anilines is 2. The number of para-hydroxylation sites is 2. The lowest BCUT2D eigenvalue weighted by Gasteiger charge is -2.30. The van der Waals surface area contributed by atoms with Crippen molar-refractivity contribution in [1.29, 1.82) is 0 Å². The Balaban J connectivity index is 1.60. The summed E-state index contributed by atoms with van der Waals surface area (Å²) in [5.74, 6) is 0.772. The van der Waals surface area contributed by atoms with Gasteiger partial charge in [0.1, 0.15) is 10.8 Å². The number of fused-ring (bicyclic) bond motifs is 1. The Bertz CT molecular complexity index is 1320. The summed E-state index contributed by atoms with van der Waals surface area (Å²) in [5.41, 5.74) is 4.56. The summed E-state index contributed by atoms with van der Waals surface area (Å²) in [4.78, 5) is 24.6. The fraction of sp³-hybridized carbons (Fsp3) is 0.192. The van der Waals surface area contributed by atoms with Crippen molar-refractivity contribution in [2.45, 2.75) is 24.8 Å². The van der Waals surface area contributed by atoms with Crippen molar-refractivity contribution in [2.24, 2.45) is 0 Å². The number of hydrogen-bond acceptors (Lipinski definition) is 6. The molecule has 0 bridgehead atoms. The molecule has 0 radical (unpaired) electrons. The van der Waals surface area contributed by atoms with Gasteiger partial charge in [0.2, 0.25) is 0 Å². The molecule has 2 N–H and O–H groups in total. The molecular weight excluding hydrogens is 454 g/mol. The molecule has 0 fully saturated rings. The summed E-state index contributed by atoms with van der Waals surface area (Å²) in [5, 5.41) is 18.5. The van der Waals surface area contributed by atoms with Crippen LogP contribution in [0.5, 0.6) is 5.75 Å². The Hall–Kier alpha value is -3.84. The Morgan fingerprint density at radius 3 is 2.41 bits per heavy atom. The predicted molar refractivity (Wildman–Crippen MR) is 132 cm³/mol. The van der Waals surface area contributed by atoms with Gasteiger partial charge >= 0.3 is 0 Å². The second kappa shape index (κ2) is 8.83. The third-order valence-corrected chi connectivity index (χ3v) is 6.72. The minimum Gasteiger partial charge on any atom is -0.497 e. The van der Waals surface area contributed by atoms with E-state index >= 15 is 0 Å². The van der Waals surface area contributed by atoms with Crippen LogP contribution in [0.1, 0.15) is 35.9 Å². The quantitative estimate of drug-likeness (QED) is 0.343. The number of halogens is 1. The number of methoxy groups -OCH3 is 1. The zero-order valence-electron chi connectivity index (χ0n) is 18.4. The Morgan fingerprint density at radius 1 is 1.00 bits per heavy atom. The van der Waals surface area contributed by atoms with Crippen LogP contribution in [0, 0.1) is 10.1 Å². The first-order chi connectivity index (χ1) is 16.4. The lowest BCUT2D eigenvalue weighted by atomic mass is 9.78. The van der Waals surface area contributed by atoms with Crippen molar-refractivity contribution < 1.29 is 14.5 Å². The van der Waals surface area contributed by atoms with Crippen molar-refractivity contribution in [3.63, 3.8) is 0 Å². The third kappa shape index (κ3) is 3.99. The number of nitro groups is 1. The smallest absolute Gasteiger partial charge is 0.288 e. The van der Waals surface area contributed by atoms with E-state index < -0.39 is 11.0 Å². The van der Waals surface area contributed by atoms with Gasteiger partial charge in [-0.15, -0.1) is 0 Å². The maximum atomic E-state index is 13.6. The standard InChI is InChI=1S/C26H22ClN3O4/c1-34-18-9-6-15(7-10-18)17-12-22-25(24(31)14-17)26(29-21-5-3-2-4-20(21)28-22)16-8-11-19(27)23(13-16)30(32)33/h2-11,13,17,26,28-29H,12,14H2,1H3. The maximum absolute atomic E-state index is 13.6. The minimum atomic E-state index is -0.550. The average molecular weight is 476 g/mol. The minimum absolute atomic E-state index is 0.00234. The van der Waals surface area contributed by atoms with Crippen molar-refractivity contribution in [1.82, 2.24) is 0 Å². The van der Waals surface area contributed by atoms with Gasteiger partial charge in [-0.2, -0.15) is 0 Å². The molecule has 3 aromatic carbocycles. The lowest BCUT2D eigenvalue weighted by Crippen LogP contribution is -2.27. The van der Waals surface area contributed by atoms with Gasteiger partial charge in [0.25, 0.3) is 5.69 Å². The van der Waals surface area contributed by atoms with Crippen LogP contribution in [-0.2, 0) is 4.79 Å². The third-order valence-electron chi connectivity index (χ3n) is 6.40. The van der Waals surface area contributed by atoms with E-state index in [-0.39, 0.29) is 22.4 Å². The number of allylic oxidation sites excluding steroid dienone is 1. The van der Waals surface area contributed by atoms with Crippen LogP contribution in [-0.4, -0.2) is 17.8 Å². The molecule has 34 heavy (non-hydrogen) atoms. The molecule has 1 aliphatic carbocycles. The molecular formula is C26H22ClN3O4. The normalized spacial score (nSPS) is 19.3. The molecule has 7 nitrogen and oxygen atoms in total. The van der Waals surface area contributed by atoms with E-state index in [1.165, 1.54) is 12.1 Å². The molecule has 2 atom stereocenters. The van der Waals surface area contributed by atoms with Gasteiger partial charge in [-0.05, 0) is 53.8 Å². The van der Waals surface area contributed by atoms with Gasteiger partial charge in [0, 0.05) is 23.8 Å². The van der Waals surface area contributed by atoms with E-state index in [2.05, 4.69) is 10.6 Å². The van der Waals surface area contributed by atoms with Crippen LogP contribution in [0.25, 0.3) is 0 Å². The number of carbonyl (C=O) groups is 1. The number of hydrogen-bond donors (Lipinski definition) is 2. The highest BCUT2D eigenvalue weighted by molar-refractivity contribution is 6.32. The van der Waals surface area contributed by atoms with Crippen molar-refractivity contribution in [3.8, 4) is 5.75 Å². The van der Waals surface area contributed by atoms with Crippen LogP contribution in [0.4, 0.5) is 17.1 Å². The summed E-state index contributed by atoms with van der Waals surface area (Å²) >= 11 is 6.06. The number of ether oxygens (including phenoxy) is 1. The molecule has 172 valence electrons. The number of Topliss-reactive ketones (excluding diaryl/α,β-unsaturated/α-hetero) is 1. The van der Waals surface area contributed by atoms with Gasteiger partial charge < -0.3 is 15.4 Å². The van der Waals surface area contributed by atoms with E-state index in [9.17, 15) is 14.9 Å². The fourth-order valence-corrected chi connectivity index (χ4v) is 4.89. The monoisotopic (exact) mass is 475 g/mol. The number of nitrogens with zero attached hydrogens (tertiary/aromatic N) is 1. The molecule has 2 aliphatic rings. The van der Waals surface area contributed by atoms with Gasteiger partial charge in [-0.1, -0.05) is 41.9 Å². The summed E-state index contributed by atoms with van der Waals surface area (Å²) in [6, 6.07) is 19.6. The summed E-state index contributed by atoms with van der Waals surface area (Å²) in [6.45, 7) is 0. The van der Waals surface area contributed by atoms with Crippen LogP contribution >= 0.6 is 11.6 Å². The molecule has 0 saturated carbocycles. The van der Waals surface area contributed by atoms with Crippen LogP contribution in [0.3, 0.4) is 0 Å². The van der Waals surface area contributed by atoms with E-state index in [0.29, 0.717) is 24.0 Å². The molecule has 0 saturated heterocycles. The molecule has 0 amide bonds. The van der Waals surface area contributed by atoms with Crippen molar-refractivity contribution in [2.75, 3.05) is 17.7 Å². The summed E-state index contributed by atoms with van der Waals surface area (Å²) in [7, 11) is 1.62. The molecule has 2 unspecified atom stereocenters. The van der Waals surface area contributed by atoms with Crippen molar-refractivity contribution in [3.05, 3.63) is 104 Å². The van der Waals surface area contributed by atoms with E-state index in [1.54, 1.807) is 13.2 Å². The van der Waals surface area contributed by atoms with Crippen molar-refractivity contribution >= 4 is 34.4 Å². The van der Waals surface area contributed by atoms with Gasteiger partial charge in [0.05, 0.1) is 29.4 Å². The second-order valence-corrected chi connectivity index (χ2v) is 8.82. The highest BCUT2D eigenvalue weighted by Gasteiger charge is 2.36. The number of rotatable bonds is 4. The summed E-state index contributed by atoms with van der Waals surface area (Å²) in [6.07, 6.45) is 0.979.